The highest BCUT2D eigenvalue weighted by Crippen LogP contribution is 2.27. The molecular weight excluding hydrogens is 152 g/mol. The van der Waals surface area contributed by atoms with Crippen LogP contribution in [0.2, 0.25) is 0 Å². The van der Waals surface area contributed by atoms with E-state index >= 15 is 0 Å². The Morgan fingerprint density at radius 1 is 1.50 bits per heavy atom. The molecule has 0 radical (unpaired) electrons. The molecule has 1 aliphatic rings. The summed E-state index contributed by atoms with van der Waals surface area (Å²) >= 11 is 0. The van der Waals surface area contributed by atoms with Crippen LogP contribution in [0.5, 0.6) is 0 Å². The van der Waals surface area contributed by atoms with Crippen LogP contribution < -0.4 is 0 Å². The fourth-order valence-corrected chi connectivity index (χ4v) is 1.66. The largest absolute Gasteiger partial charge is 0.456 e. The summed E-state index contributed by atoms with van der Waals surface area (Å²) in [7, 11) is 0. The van der Waals surface area contributed by atoms with Crippen LogP contribution in [0.1, 0.15) is 32.1 Å². The van der Waals surface area contributed by atoms with Crippen molar-refractivity contribution < 1.29 is 9.53 Å². The Bertz CT molecular complexity index is 185. The minimum Gasteiger partial charge on any atom is -0.456 e. The molecule has 0 aromatic carbocycles. The topological polar surface area (TPSA) is 26.3 Å². The van der Waals surface area contributed by atoms with E-state index in [0.717, 1.165) is 12.3 Å². The SMILES string of the molecule is C#CC(=O)OCCC1CCCC1. The Balaban J connectivity index is 2.02. The fourth-order valence-electron chi connectivity index (χ4n) is 1.66. The Kier molecular flexibility index (Phi) is 3.66. The lowest BCUT2D eigenvalue weighted by atomic mass is 10.1. The number of rotatable bonds is 3. The van der Waals surface area contributed by atoms with Crippen molar-refractivity contribution >= 4 is 5.97 Å². The van der Waals surface area contributed by atoms with Gasteiger partial charge in [0, 0.05) is 5.92 Å². The molecule has 0 N–H and O–H groups in total. The van der Waals surface area contributed by atoms with Crippen LogP contribution >= 0.6 is 0 Å². The van der Waals surface area contributed by atoms with Gasteiger partial charge in [0.05, 0.1) is 6.61 Å². The van der Waals surface area contributed by atoms with Gasteiger partial charge < -0.3 is 4.74 Å². The standard InChI is InChI=1S/C10H14O2/c1-2-10(11)12-8-7-9-5-3-4-6-9/h1,9H,3-8H2. The Morgan fingerprint density at radius 3 is 2.75 bits per heavy atom. The van der Waals surface area contributed by atoms with E-state index in [1.165, 1.54) is 25.7 Å². The van der Waals surface area contributed by atoms with E-state index in [-0.39, 0.29) is 0 Å². The number of ether oxygens (including phenoxy) is 1. The quantitative estimate of drug-likeness (QED) is 0.362. The van der Waals surface area contributed by atoms with Crippen LogP contribution in [0.3, 0.4) is 0 Å². The van der Waals surface area contributed by atoms with Crippen LogP contribution in [0.4, 0.5) is 0 Å². The highest BCUT2D eigenvalue weighted by atomic mass is 16.5. The van der Waals surface area contributed by atoms with Gasteiger partial charge in [0.1, 0.15) is 0 Å². The van der Waals surface area contributed by atoms with Crippen LogP contribution in [0.15, 0.2) is 0 Å². The number of carbonyl (C=O) groups is 1. The summed E-state index contributed by atoms with van der Waals surface area (Å²) in [6, 6.07) is 0. The third-order valence-electron chi connectivity index (χ3n) is 2.35. The molecule has 2 nitrogen and oxygen atoms in total. The van der Waals surface area contributed by atoms with Crippen LogP contribution in [0, 0.1) is 18.3 Å². The Hall–Kier alpha value is -0.970. The molecule has 1 fully saturated rings. The molecule has 0 spiro atoms. The highest BCUT2D eigenvalue weighted by molar-refractivity contribution is 5.87. The van der Waals surface area contributed by atoms with Crippen molar-refractivity contribution in [2.24, 2.45) is 5.92 Å². The molecule has 12 heavy (non-hydrogen) atoms. The van der Waals surface area contributed by atoms with Gasteiger partial charge in [-0.15, -0.1) is 6.42 Å². The van der Waals surface area contributed by atoms with E-state index in [4.69, 9.17) is 11.2 Å². The number of hydrogen-bond acceptors (Lipinski definition) is 2. The van der Waals surface area contributed by atoms with Gasteiger partial charge in [0.2, 0.25) is 0 Å². The van der Waals surface area contributed by atoms with Crippen molar-refractivity contribution in [1.29, 1.82) is 0 Å². The maximum Gasteiger partial charge on any atom is 0.384 e. The molecule has 66 valence electrons. The summed E-state index contributed by atoms with van der Waals surface area (Å²) in [6.45, 7) is 0.494. The Morgan fingerprint density at radius 2 is 2.17 bits per heavy atom. The van der Waals surface area contributed by atoms with Crippen molar-refractivity contribution in [3.8, 4) is 12.3 Å². The summed E-state index contributed by atoms with van der Waals surface area (Å²) in [4.78, 5) is 10.5. The third kappa shape index (κ3) is 2.96. The smallest absolute Gasteiger partial charge is 0.384 e. The molecule has 2 heteroatoms. The predicted molar refractivity (Wildman–Crippen MR) is 46.4 cm³/mol. The second-order valence-corrected chi connectivity index (χ2v) is 3.22. The normalized spacial score (nSPS) is 17.2. The van der Waals surface area contributed by atoms with Crippen molar-refractivity contribution in [1.82, 2.24) is 0 Å². The summed E-state index contributed by atoms with van der Waals surface area (Å²) in [5.41, 5.74) is 0. The summed E-state index contributed by atoms with van der Waals surface area (Å²) in [5, 5.41) is 0. The highest BCUT2D eigenvalue weighted by Gasteiger charge is 2.14. The maximum absolute atomic E-state index is 10.5. The first-order valence-corrected chi connectivity index (χ1v) is 4.46. The van der Waals surface area contributed by atoms with Crippen molar-refractivity contribution in [3.63, 3.8) is 0 Å². The zero-order valence-corrected chi connectivity index (χ0v) is 7.21. The van der Waals surface area contributed by atoms with Gasteiger partial charge in [0.25, 0.3) is 0 Å². The molecule has 1 saturated carbocycles. The van der Waals surface area contributed by atoms with Gasteiger partial charge in [-0.05, 0) is 12.3 Å². The first kappa shape index (κ1) is 9.12. The van der Waals surface area contributed by atoms with Gasteiger partial charge in [-0.25, -0.2) is 4.79 Å². The third-order valence-corrected chi connectivity index (χ3v) is 2.35. The molecule has 0 heterocycles. The molecule has 0 atom stereocenters. The molecule has 0 aromatic rings. The molecule has 0 aliphatic heterocycles. The minimum absolute atomic E-state index is 0.494. The van der Waals surface area contributed by atoms with E-state index in [0.29, 0.717) is 6.61 Å². The predicted octanol–water partition coefficient (Wildman–Crippen LogP) is 1.74. The zero-order valence-electron chi connectivity index (χ0n) is 7.21. The number of carbonyl (C=O) groups excluding carboxylic acids is 1. The van der Waals surface area contributed by atoms with Gasteiger partial charge in [-0.3, -0.25) is 0 Å². The summed E-state index contributed by atoms with van der Waals surface area (Å²) < 4.78 is 4.78. The van der Waals surface area contributed by atoms with Gasteiger partial charge in [0.15, 0.2) is 0 Å². The van der Waals surface area contributed by atoms with Crippen LogP contribution in [0.25, 0.3) is 0 Å². The van der Waals surface area contributed by atoms with Gasteiger partial charge >= 0.3 is 5.97 Å². The number of hydrogen-bond donors (Lipinski definition) is 0. The van der Waals surface area contributed by atoms with E-state index < -0.39 is 5.97 Å². The molecule has 0 bridgehead atoms. The molecular formula is C10H14O2. The molecule has 1 aliphatic carbocycles. The van der Waals surface area contributed by atoms with E-state index in [9.17, 15) is 4.79 Å². The lowest BCUT2D eigenvalue weighted by molar-refractivity contribution is -0.137. The minimum atomic E-state index is -0.534. The second kappa shape index (κ2) is 4.82. The zero-order chi connectivity index (χ0) is 8.81. The lowest BCUT2D eigenvalue weighted by Crippen LogP contribution is -2.06. The lowest BCUT2D eigenvalue weighted by Gasteiger charge is -2.06. The number of esters is 1. The summed E-state index contributed by atoms with van der Waals surface area (Å²) in [6.07, 6.45) is 11.0. The first-order valence-electron chi connectivity index (χ1n) is 4.46. The van der Waals surface area contributed by atoms with Crippen molar-refractivity contribution in [2.75, 3.05) is 6.61 Å². The summed E-state index contributed by atoms with van der Waals surface area (Å²) in [5.74, 6) is 2.15. The van der Waals surface area contributed by atoms with E-state index in [1.54, 1.807) is 0 Å². The van der Waals surface area contributed by atoms with E-state index in [2.05, 4.69) is 0 Å². The maximum atomic E-state index is 10.5. The Labute approximate surface area is 73.3 Å². The molecule has 1 rings (SSSR count). The second-order valence-electron chi connectivity index (χ2n) is 3.22. The molecule has 0 amide bonds. The van der Waals surface area contributed by atoms with Crippen LogP contribution in [-0.4, -0.2) is 12.6 Å². The average molecular weight is 166 g/mol. The molecule has 0 saturated heterocycles. The van der Waals surface area contributed by atoms with Crippen LogP contribution in [-0.2, 0) is 9.53 Å². The van der Waals surface area contributed by atoms with Crippen molar-refractivity contribution in [2.45, 2.75) is 32.1 Å². The first-order chi connectivity index (χ1) is 5.83. The average Bonchev–Trinajstić information content (AvgIpc) is 2.57. The molecule has 0 aromatic heterocycles. The fraction of sp³-hybridized carbons (Fsp3) is 0.700. The monoisotopic (exact) mass is 166 g/mol. The molecule has 0 unspecified atom stereocenters. The number of terminal acetylenes is 1. The van der Waals surface area contributed by atoms with Crippen molar-refractivity contribution in [3.05, 3.63) is 0 Å². The van der Waals surface area contributed by atoms with Gasteiger partial charge in [-0.1, -0.05) is 25.7 Å². The van der Waals surface area contributed by atoms with Gasteiger partial charge in [-0.2, -0.15) is 0 Å². The van der Waals surface area contributed by atoms with E-state index in [1.807, 2.05) is 5.92 Å².